The fourth-order valence-electron chi connectivity index (χ4n) is 4.62. The molecule has 1 saturated heterocycles. The van der Waals surface area contributed by atoms with Gasteiger partial charge in [-0.15, -0.1) is 0 Å². The molecule has 3 aliphatic heterocycles. The molecule has 1 fully saturated rings. The van der Waals surface area contributed by atoms with Crippen LogP contribution < -0.4 is 0 Å². The first-order valence-corrected chi connectivity index (χ1v) is 9.90. The third kappa shape index (κ3) is 2.70. The second-order valence-electron chi connectivity index (χ2n) is 10.0. The molecule has 2 atom stereocenters. The van der Waals surface area contributed by atoms with Crippen LogP contribution >= 0.6 is 0 Å². The minimum absolute atomic E-state index is 0.0209. The lowest BCUT2D eigenvalue weighted by molar-refractivity contribution is 0.00578. The van der Waals surface area contributed by atoms with Crippen molar-refractivity contribution in [1.29, 1.82) is 0 Å². The second kappa shape index (κ2) is 5.71. The van der Waals surface area contributed by atoms with E-state index in [0.29, 0.717) is 6.54 Å². The first kappa shape index (κ1) is 18.8. The van der Waals surface area contributed by atoms with Crippen LogP contribution in [0.1, 0.15) is 70.4 Å². The lowest BCUT2D eigenvalue weighted by atomic mass is 9.56. The Bertz CT molecular complexity index is 805. The number of hydrogen-bond donors (Lipinski definition) is 0. The number of carbonyl (C=O) groups excluding carboxylic acids is 1. The zero-order valence-corrected chi connectivity index (χ0v) is 17.5. The van der Waals surface area contributed by atoms with E-state index in [1.54, 1.807) is 0 Å². The van der Waals surface area contributed by atoms with Crippen molar-refractivity contribution in [2.24, 2.45) is 5.41 Å². The molecule has 0 spiro atoms. The zero-order valence-electron chi connectivity index (χ0n) is 17.5. The molecule has 0 saturated carbocycles. The first-order valence-electron chi connectivity index (χ1n) is 9.90. The minimum Gasteiger partial charge on any atom is -0.403 e. The van der Waals surface area contributed by atoms with E-state index in [1.165, 1.54) is 5.57 Å². The van der Waals surface area contributed by atoms with Gasteiger partial charge in [0, 0.05) is 17.9 Å². The van der Waals surface area contributed by atoms with Gasteiger partial charge < -0.3 is 14.2 Å². The lowest BCUT2D eigenvalue weighted by Crippen LogP contribution is -2.43. The molecule has 5 heteroatoms. The molecule has 0 radical (unpaired) electrons. The van der Waals surface area contributed by atoms with Gasteiger partial charge in [0.1, 0.15) is 0 Å². The quantitative estimate of drug-likeness (QED) is 0.537. The fraction of sp³-hybridized carbons (Fsp3) is 0.591. The summed E-state index contributed by atoms with van der Waals surface area (Å²) in [6.07, 6.45) is 2.22. The van der Waals surface area contributed by atoms with Crippen LogP contribution in [0.2, 0.25) is 5.82 Å². The normalized spacial score (nSPS) is 28.9. The minimum atomic E-state index is -0.398. The van der Waals surface area contributed by atoms with Gasteiger partial charge in [0.25, 0.3) is 5.91 Å². The van der Waals surface area contributed by atoms with E-state index in [2.05, 4.69) is 60.6 Å². The van der Waals surface area contributed by atoms with Gasteiger partial charge in [-0.2, -0.15) is 0 Å². The first-order chi connectivity index (χ1) is 12.4. The van der Waals surface area contributed by atoms with Crippen molar-refractivity contribution in [1.82, 2.24) is 4.90 Å². The second-order valence-corrected chi connectivity index (χ2v) is 10.0. The van der Waals surface area contributed by atoms with Gasteiger partial charge in [0.2, 0.25) is 0 Å². The van der Waals surface area contributed by atoms with Gasteiger partial charge in [0.05, 0.1) is 17.2 Å². The Morgan fingerprint density at radius 2 is 1.67 bits per heavy atom. The molecule has 0 aromatic heterocycles. The van der Waals surface area contributed by atoms with E-state index in [-0.39, 0.29) is 30.3 Å². The summed E-state index contributed by atoms with van der Waals surface area (Å²) < 4.78 is 13.0. The van der Waals surface area contributed by atoms with Crippen LogP contribution in [0.15, 0.2) is 35.9 Å². The van der Waals surface area contributed by atoms with E-state index in [9.17, 15) is 4.79 Å². The highest BCUT2D eigenvalue weighted by Crippen LogP contribution is 2.55. The molecule has 0 aliphatic carbocycles. The maximum atomic E-state index is 13.0. The highest BCUT2D eigenvalue weighted by atomic mass is 16.7. The molecule has 3 aliphatic rings. The molecule has 1 aromatic carbocycles. The van der Waals surface area contributed by atoms with Crippen LogP contribution in [0.4, 0.5) is 0 Å². The third-order valence-corrected chi connectivity index (χ3v) is 6.74. The van der Waals surface area contributed by atoms with Crippen LogP contribution in [-0.4, -0.2) is 35.7 Å². The molecule has 1 aromatic rings. The summed E-state index contributed by atoms with van der Waals surface area (Å²) in [4.78, 5) is 15.0. The average molecular weight is 367 g/mol. The van der Waals surface area contributed by atoms with Crippen LogP contribution in [-0.2, 0) is 9.31 Å². The predicted octanol–water partition coefficient (Wildman–Crippen LogP) is 4.63. The molecule has 4 rings (SSSR count). The van der Waals surface area contributed by atoms with E-state index < -0.39 is 11.2 Å². The van der Waals surface area contributed by atoms with Gasteiger partial charge >= 0.3 is 7.12 Å². The molecule has 4 nitrogen and oxygen atoms in total. The van der Waals surface area contributed by atoms with Gasteiger partial charge in [0.15, 0.2) is 0 Å². The van der Waals surface area contributed by atoms with Crippen LogP contribution in [0.5, 0.6) is 0 Å². The van der Waals surface area contributed by atoms with Crippen molar-refractivity contribution < 1.29 is 14.1 Å². The monoisotopic (exact) mass is 367 g/mol. The number of fused-ring (bicyclic) bond motifs is 3. The summed E-state index contributed by atoms with van der Waals surface area (Å²) in [5.74, 6) is 0.0914. The van der Waals surface area contributed by atoms with Gasteiger partial charge in [-0.1, -0.05) is 50.6 Å². The Hall–Kier alpha value is -1.59. The topological polar surface area (TPSA) is 38.8 Å². The predicted molar refractivity (Wildman–Crippen MR) is 108 cm³/mol. The Morgan fingerprint density at radius 1 is 1.07 bits per heavy atom. The van der Waals surface area contributed by atoms with Gasteiger partial charge in [-0.3, -0.25) is 4.79 Å². The van der Waals surface area contributed by atoms with Crippen molar-refractivity contribution in [3.8, 4) is 0 Å². The highest BCUT2D eigenvalue weighted by Gasteiger charge is 2.59. The van der Waals surface area contributed by atoms with E-state index in [4.69, 9.17) is 9.31 Å². The Kier molecular flexibility index (Phi) is 3.97. The maximum Gasteiger partial charge on any atom is 0.468 e. The van der Waals surface area contributed by atoms with Gasteiger partial charge in [-0.05, 0) is 44.7 Å². The number of rotatable bonds is 1. The number of benzene rings is 1. The van der Waals surface area contributed by atoms with Crippen LogP contribution in [0.3, 0.4) is 0 Å². The number of carbonyl (C=O) groups is 1. The third-order valence-electron chi connectivity index (χ3n) is 6.74. The molecule has 1 amide bonds. The zero-order chi connectivity index (χ0) is 19.8. The molecular formula is C22H30BNO3. The van der Waals surface area contributed by atoms with E-state index in [0.717, 1.165) is 11.1 Å². The van der Waals surface area contributed by atoms with Gasteiger partial charge in [-0.25, -0.2) is 0 Å². The molecule has 0 bridgehead atoms. The molecule has 3 heterocycles. The van der Waals surface area contributed by atoms with Crippen molar-refractivity contribution in [2.45, 2.75) is 71.5 Å². The summed E-state index contributed by atoms with van der Waals surface area (Å²) >= 11 is 0. The summed E-state index contributed by atoms with van der Waals surface area (Å²) in [7, 11) is -0.382. The SMILES string of the molecule is CC(C)(C)C1=CCN2C(=O)c3ccccc3[C@@H]2[C@H]1B1OC(C)(C)C(C)(C)O1. The van der Waals surface area contributed by atoms with Crippen LogP contribution in [0, 0.1) is 5.41 Å². The molecule has 0 N–H and O–H groups in total. The lowest BCUT2D eigenvalue weighted by Gasteiger charge is -2.42. The summed E-state index contributed by atoms with van der Waals surface area (Å²) in [5.41, 5.74) is 2.40. The molecular weight excluding hydrogens is 337 g/mol. The van der Waals surface area contributed by atoms with E-state index >= 15 is 0 Å². The Balaban J connectivity index is 1.84. The van der Waals surface area contributed by atoms with Crippen molar-refractivity contribution in [3.63, 3.8) is 0 Å². The number of amides is 1. The van der Waals surface area contributed by atoms with Crippen LogP contribution in [0.25, 0.3) is 0 Å². The summed E-state index contributed by atoms with van der Waals surface area (Å²) in [6.45, 7) is 15.7. The molecule has 144 valence electrons. The highest BCUT2D eigenvalue weighted by molar-refractivity contribution is 6.49. The van der Waals surface area contributed by atoms with E-state index in [1.807, 2.05) is 23.1 Å². The standard InChI is InChI=1S/C22H30BNO3/c1-20(2,3)16-12-13-24-18(14-10-8-9-11-15(14)19(24)25)17(16)23-26-21(4,5)22(6,7)27-23/h8-12,17-18H,13H2,1-7H3/t17-,18+/m0/s1. The van der Waals surface area contributed by atoms with Crippen molar-refractivity contribution in [3.05, 3.63) is 47.0 Å². The largest absolute Gasteiger partial charge is 0.468 e. The molecule has 27 heavy (non-hydrogen) atoms. The summed E-state index contributed by atoms with van der Waals surface area (Å²) in [5, 5.41) is 0. The van der Waals surface area contributed by atoms with Crippen molar-refractivity contribution in [2.75, 3.05) is 6.54 Å². The number of hydrogen-bond acceptors (Lipinski definition) is 3. The maximum absolute atomic E-state index is 13.0. The fourth-order valence-corrected chi connectivity index (χ4v) is 4.62. The Labute approximate surface area is 163 Å². The smallest absolute Gasteiger partial charge is 0.403 e. The Morgan fingerprint density at radius 3 is 2.26 bits per heavy atom. The average Bonchev–Trinajstić information content (AvgIpc) is 2.97. The molecule has 0 unspecified atom stereocenters. The van der Waals surface area contributed by atoms with Crippen molar-refractivity contribution >= 4 is 13.0 Å². The summed E-state index contributed by atoms with van der Waals surface area (Å²) in [6, 6.07) is 7.95. The number of nitrogens with zero attached hydrogens (tertiary/aromatic N) is 1.